The molecule has 1 aromatic carbocycles. The summed E-state index contributed by atoms with van der Waals surface area (Å²) >= 11 is 0. The van der Waals surface area contributed by atoms with Crippen molar-refractivity contribution in [3.05, 3.63) is 53.3 Å². The Hall–Kier alpha value is -2.63. The van der Waals surface area contributed by atoms with Crippen LogP contribution < -0.4 is 0 Å². The number of amides is 1. The van der Waals surface area contributed by atoms with Crippen LogP contribution in [0.2, 0.25) is 0 Å². The number of benzene rings is 1. The van der Waals surface area contributed by atoms with Crippen molar-refractivity contribution in [3.8, 4) is 0 Å². The third-order valence-electron chi connectivity index (χ3n) is 7.87. The second-order valence-corrected chi connectivity index (χ2v) is 9.68. The molecule has 2 fully saturated rings. The van der Waals surface area contributed by atoms with Gasteiger partial charge < -0.3 is 9.64 Å². The fraction of sp³-hybridized carbons (Fsp3) is 0.560. The van der Waals surface area contributed by atoms with Crippen LogP contribution in [0.3, 0.4) is 0 Å². The minimum absolute atomic E-state index is 0.0485. The Bertz CT molecular complexity index is 964. The average molecular weight is 422 g/mol. The molecule has 164 valence electrons. The Morgan fingerprint density at radius 3 is 2.48 bits per heavy atom. The van der Waals surface area contributed by atoms with Gasteiger partial charge in [0.1, 0.15) is 12.3 Å². The summed E-state index contributed by atoms with van der Waals surface area (Å²) in [5.74, 6) is 0.172. The van der Waals surface area contributed by atoms with Gasteiger partial charge in [0.15, 0.2) is 5.78 Å². The van der Waals surface area contributed by atoms with Gasteiger partial charge in [0, 0.05) is 31.3 Å². The van der Waals surface area contributed by atoms with E-state index in [2.05, 4.69) is 17.8 Å². The highest BCUT2D eigenvalue weighted by molar-refractivity contribution is 5.97. The van der Waals surface area contributed by atoms with Crippen molar-refractivity contribution < 1.29 is 14.3 Å². The number of carbonyl (C=O) groups excluding carboxylic acids is 2. The highest BCUT2D eigenvalue weighted by Crippen LogP contribution is 2.46. The van der Waals surface area contributed by atoms with Gasteiger partial charge in [-0.1, -0.05) is 37.3 Å². The molecular formula is C25H31N3O3. The summed E-state index contributed by atoms with van der Waals surface area (Å²) in [5.41, 5.74) is 2.86. The van der Waals surface area contributed by atoms with Crippen molar-refractivity contribution >= 4 is 11.9 Å². The highest BCUT2D eigenvalue weighted by atomic mass is 16.6. The molecule has 0 bridgehead atoms. The first kappa shape index (κ1) is 20.3. The normalized spacial score (nSPS) is 21.5. The molecule has 1 aliphatic heterocycles. The van der Waals surface area contributed by atoms with Crippen LogP contribution in [0.15, 0.2) is 36.5 Å². The lowest BCUT2D eigenvalue weighted by Crippen LogP contribution is -2.46. The smallest absolute Gasteiger partial charge is 0.410 e. The molecule has 2 aromatic rings. The van der Waals surface area contributed by atoms with Gasteiger partial charge in [-0.3, -0.25) is 9.48 Å². The maximum atomic E-state index is 13.0. The van der Waals surface area contributed by atoms with Crippen LogP contribution in [-0.2, 0) is 23.3 Å². The number of Topliss-reactive ketones (excluding diaryl/α,β-unsaturated/α-hetero) is 1. The predicted octanol–water partition coefficient (Wildman–Crippen LogP) is 4.72. The first-order valence-electron chi connectivity index (χ1n) is 11.6. The number of aromatic nitrogens is 2. The number of nitrogens with zero attached hydrogens (tertiary/aromatic N) is 3. The number of fused-ring (bicyclic) bond motifs is 1. The van der Waals surface area contributed by atoms with Crippen molar-refractivity contribution in [2.24, 2.45) is 5.41 Å². The summed E-state index contributed by atoms with van der Waals surface area (Å²) in [4.78, 5) is 27.3. The molecule has 0 radical (unpaired) electrons. The quantitative estimate of drug-likeness (QED) is 0.717. The van der Waals surface area contributed by atoms with Crippen molar-refractivity contribution in [2.45, 2.75) is 70.4 Å². The lowest BCUT2D eigenvalue weighted by Gasteiger charge is -2.42. The predicted molar refractivity (Wildman–Crippen MR) is 117 cm³/mol. The Morgan fingerprint density at radius 1 is 1.10 bits per heavy atom. The van der Waals surface area contributed by atoms with E-state index in [1.165, 1.54) is 6.42 Å². The summed E-state index contributed by atoms with van der Waals surface area (Å²) in [6.07, 6.45) is 9.61. The van der Waals surface area contributed by atoms with Gasteiger partial charge in [0.05, 0.1) is 5.54 Å². The van der Waals surface area contributed by atoms with E-state index >= 15 is 0 Å². The monoisotopic (exact) mass is 421 g/mol. The maximum Gasteiger partial charge on any atom is 0.410 e. The van der Waals surface area contributed by atoms with Crippen LogP contribution in [0, 0.1) is 5.41 Å². The van der Waals surface area contributed by atoms with E-state index in [1.54, 1.807) is 4.90 Å². The second-order valence-electron chi connectivity index (χ2n) is 9.68. The van der Waals surface area contributed by atoms with Crippen LogP contribution in [-0.4, -0.2) is 39.6 Å². The van der Waals surface area contributed by atoms with E-state index in [0.717, 1.165) is 49.7 Å². The minimum atomic E-state index is -0.260. The number of rotatable bonds is 4. The van der Waals surface area contributed by atoms with Gasteiger partial charge in [-0.2, -0.15) is 5.10 Å². The fourth-order valence-corrected chi connectivity index (χ4v) is 5.56. The zero-order chi connectivity index (χ0) is 21.5. The molecule has 1 amide bonds. The topological polar surface area (TPSA) is 64.4 Å². The first-order chi connectivity index (χ1) is 15.0. The zero-order valence-corrected chi connectivity index (χ0v) is 18.3. The van der Waals surface area contributed by atoms with E-state index in [9.17, 15) is 9.59 Å². The zero-order valence-electron chi connectivity index (χ0n) is 18.3. The molecule has 2 heterocycles. The SMILES string of the molecule is CCC1(n2cc3c(n2)C(=O)CC2(CCN(C(=O)OCc4ccccc4)CC2)C3)CCC1. The second kappa shape index (κ2) is 7.81. The molecule has 0 N–H and O–H groups in total. The first-order valence-corrected chi connectivity index (χ1v) is 11.6. The van der Waals surface area contributed by atoms with E-state index in [1.807, 2.05) is 30.3 Å². The standard InChI is InChI=1S/C25H31N3O3/c1-2-25(9-6-10-25)28-17-20-15-24(16-21(29)22(20)26-28)11-13-27(14-12-24)23(30)31-18-19-7-4-3-5-8-19/h3-5,7-8,17H,2,6,9-16,18H2,1H3. The lowest BCUT2D eigenvalue weighted by atomic mass is 9.67. The van der Waals surface area contributed by atoms with Crippen LogP contribution in [0.4, 0.5) is 4.79 Å². The maximum absolute atomic E-state index is 13.0. The Balaban J connectivity index is 1.22. The third-order valence-corrected chi connectivity index (χ3v) is 7.87. The van der Waals surface area contributed by atoms with Crippen LogP contribution in [0.1, 0.15) is 73.5 Å². The number of hydrogen-bond acceptors (Lipinski definition) is 4. The summed E-state index contributed by atoms with van der Waals surface area (Å²) in [6.45, 7) is 3.80. The lowest BCUT2D eigenvalue weighted by molar-refractivity contribution is 0.0520. The molecule has 6 nitrogen and oxygen atoms in total. The van der Waals surface area contributed by atoms with Gasteiger partial charge in [-0.15, -0.1) is 0 Å². The summed E-state index contributed by atoms with van der Waals surface area (Å²) in [5, 5.41) is 4.75. The van der Waals surface area contributed by atoms with Gasteiger partial charge in [-0.05, 0) is 55.9 Å². The molecule has 2 aliphatic carbocycles. The van der Waals surface area contributed by atoms with Gasteiger partial charge in [-0.25, -0.2) is 4.79 Å². The van der Waals surface area contributed by atoms with Crippen molar-refractivity contribution in [3.63, 3.8) is 0 Å². The molecule has 31 heavy (non-hydrogen) atoms. The van der Waals surface area contributed by atoms with Crippen LogP contribution in [0.25, 0.3) is 0 Å². The number of ketones is 1. The third kappa shape index (κ3) is 3.66. The summed E-state index contributed by atoms with van der Waals surface area (Å²) < 4.78 is 7.60. The molecule has 0 unspecified atom stereocenters. The molecule has 1 spiro atoms. The Morgan fingerprint density at radius 2 is 1.84 bits per heavy atom. The van der Waals surface area contributed by atoms with E-state index in [4.69, 9.17) is 9.84 Å². The minimum Gasteiger partial charge on any atom is -0.445 e. The number of ether oxygens (including phenoxy) is 1. The highest BCUT2D eigenvalue weighted by Gasteiger charge is 2.45. The van der Waals surface area contributed by atoms with E-state index in [0.29, 0.717) is 31.8 Å². The van der Waals surface area contributed by atoms with Crippen molar-refractivity contribution in [2.75, 3.05) is 13.1 Å². The number of likely N-dealkylation sites (tertiary alicyclic amines) is 1. The molecule has 1 aromatic heterocycles. The number of piperidine rings is 1. The fourth-order valence-electron chi connectivity index (χ4n) is 5.56. The molecule has 1 saturated heterocycles. The molecule has 0 atom stereocenters. The van der Waals surface area contributed by atoms with Crippen molar-refractivity contribution in [1.82, 2.24) is 14.7 Å². The number of hydrogen-bond donors (Lipinski definition) is 0. The largest absolute Gasteiger partial charge is 0.445 e. The average Bonchev–Trinajstić information content (AvgIpc) is 3.17. The molecule has 1 saturated carbocycles. The number of carbonyl (C=O) groups is 2. The van der Waals surface area contributed by atoms with Gasteiger partial charge >= 0.3 is 6.09 Å². The van der Waals surface area contributed by atoms with Gasteiger partial charge in [0.25, 0.3) is 0 Å². The Labute approximate surface area is 183 Å². The Kier molecular flexibility index (Phi) is 5.11. The van der Waals surface area contributed by atoms with Crippen molar-refractivity contribution in [1.29, 1.82) is 0 Å². The van der Waals surface area contributed by atoms with Gasteiger partial charge in [0.2, 0.25) is 0 Å². The molecular weight excluding hydrogens is 390 g/mol. The van der Waals surface area contributed by atoms with Crippen LogP contribution in [0.5, 0.6) is 0 Å². The van der Waals surface area contributed by atoms with E-state index < -0.39 is 0 Å². The summed E-state index contributed by atoms with van der Waals surface area (Å²) in [6, 6.07) is 9.74. The van der Waals surface area contributed by atoms with E-state index in [-0.39, 0.29) is 22.8 Å². The van der Waals surface area contributed by atoms with Crippen LogP contribution >= 0.6 is 0 Å². The molecule has 6 heteroatoms. The summed E-state index contributed by atoms with van der Waals surface area (Å²) in [7, 11) is 0. The molecule has 5 rings (SSSR count). The molecule has 3 aliphatic rings.